The quantitative estimate of drug-likeness (QED) is 0.131. The third-order valence-corrected chi connectivity index (χ3v) is 8.42. The van der Waals surface area contributed by atoms with Gasteiger partial charge in [0.2, 0.25) is 0 Å². The number of aryl methyl sites for hydroxylation is 4. The molecule has 0 radical (unpaired) electrons. The molecule has 248 valence electrons. The Labute approximate surface area is 268 Å². The Kier molecular flexibility index (Phi) is 11.7. The van der Waals surface area contributed by atoms with Gasteiger partial charge in [-0.05, 0) is 43.5 Å². The number of halogens is 3. The van der Waals surface area contributed by atoms with Gasteiger partial charge in [-0.1, -0.05) is 30.3 Å². The molecule has 1 aliphatic heterocycles. The van der Waals surface area contributed by atoms with Gasteiger partial charge >= 0.3 is 11.5 Å². The van der Waals surface area contributed by atoms with Crippen LogP contribution >= 0.6 is 11.3 Å². The number of hydrogen-bond acceptors (Lipinski definition) is 9. The van der Waals surface area contributed by atoms with Crippen molar-refractivity contribution in [1.29, 1.82) is 0 Å². The van der Waals surface area contributed by atoms with Gasteiger partial charge in [0.1, 0.15) is 24.4 Å². The van der Waals surface area contributed by atoms with Crippen LogP contribution in [0.25, 0.3) is 16.3 Å². The molecule has 17 heteroatoms. The highest BCUT2D eigenvalue weighted by atomic mass is 32.2. The fourth-order valence-electron chi connectivity index (χ4n) is 4.49. The van der Waals surface area contributed by atoms with E-state index in [1.54, 1.807) is 16.2 Å². The first kappa shape index (κ1) is 34.8. The van der Waals surface area contributed by atoms with Crippen molar-refractivity contribution in [3.8, 4) is 22.0 Å². The molecule has 46 heavy (non-hydrogen) atoms. The molecule has 0 atom stereocenters. The summed E-state index contributed by atoms with van der Waals surface area (Å²) >= 11 is 1.62. The Bertz CT molecular complexity index is 1710. The number of urea groups is 1. The second kappa shape index (κ2) is 15.5. The van der Waals surface area contributed by atoms with Crippen LogP contribution in [0.2, 0.25) is 0 Å². The number of benzene rings is 2. The van der Waals surface area contributed by atoms with E-state index < -0.39 is 15.6 Å². The minimum atomic E-state index is -6.09. The van der Waals surface area contributed by atoms with Crippen molar-refractivity contribution in [2.75, 3.05) is 32.8 Å². The molecule has 0 bridgehead atoms. The lowest BCUT2D eigenvalue weighted by atomic mass is 10.1. The van der Waals surface area contributed by atoms with Crippen molar-refractivity contribution < 1.29 is 40.4 Å². The molecule has 1 saturated heterocycles. The number of rotatable bonds is 12. The lowest BCUT2D eigenvalue weighted by molar-refractivity contribution is -0.661. The molecule has 2 aromatic heterocycles. The molecule has 3 heterocycles. The summed E-state index contributed by atoms with van der Waals surface area (Å²) in [6, 6.07) is 16.5. The smallest absolute Gasteiger partial charge is 0.485 e. The maximum absolute atomic E-state index is 11.9. The number of carbonyl (C=O) groups excluding carboxylic acids is 1. The van der Waals surface area contributed by atoms with Crippen molar-refractivity contribution in [3.63, 3.8) is 0 Å². The molecule has 12 nitrogen and oxygen atoms in total. The molecule has 4 aromatic rings. The summed E-state index contributed by atoms with van der Waals surface area (Å²) in [5.41, 5.74) is 5.39. The first-order chi connectivity index (χ1) is 21.9. The lowest BCUT2D eigenvalue weighted by Gasteiger charge is -2.16. The van der Waals surface area contributed by atoms with Gasteiger partial charge < -0.3 is 25.2 Å². The lowest BCUT2D eigenvalue weighted by Crippen LogP contribution is -2.33. The maximum Gasteiger partial charge on any atom is 0.485 e. The van der Waals surface area contributed by atoms with E-state index in [1.165, 1.54) is 5.56 Å². The summed E-state index contributed by atoms with van der Waals surface area (Å²) in [5, 5.41) is 10.5. The molecule has 1 aliphatic rings. The van der Waals surface area contributed by atoms with Crippen molar-refractivity contribution >= 4 is 27.5 Å². The van der Waals surface area contributed by atoms with Crippen LogP contribution in [-0.4, -0.2) is 77.1 Å². The van der Waals surface area contributed by atoms with Crippen LogP contribution in [0.3, 0.4) is 0 Å². The van der Waals surface area contributed by atoms with Crippen LogP contribution in [0.5, 0.6) is 5.75 Å². The molecule has 2 aromatic carbocycles. The number of aromatic nitrogens is 4. The first-order valence-corrected chi connectivity index (χ1v) is 16.6. The summed E-state index contributed by atoms with van der Waals surface area (Å²) < 4.78 is 68.9. The molecule has 0 saturated carbocycles. The summed E-state index contributed by atoms with van der Waals surface area (Å²) in [6.07, 6.45) is 5.65. The third-order valence-electron chi connectivity index (χ3n) is 6.93. The van der Waals surface area contributed by atoms with Gasteiger partial charge in [0.05, 0.1) is 23.0 Å². The predicted octanol–water partition coefficient (Wildman–Crippen LogP) is 2.95. The monoisotopic (exact) mass is 681 g/mol. The van der Waals surface area contributed by atoms with Gasteiger partial charge in [0.15, 0.2) is 27.7 Å². The van der Waals surface area contributed by atoms with E-state index in [2.05, 4.69) is 40.2 Å². The Hall–Kier alpha value is -4.06. The van der Waals surface area contributed by atoms with E-state index in [1.807, 2.05) is 46.9 Å². The van der Waals surface area contributed by atoms with E-state index in [0.717, 1.165) is 59.1 Å². The Balaban J connectivity index is 0.000000533. The molecule has 0 unspecified atom stereocenters. The van der Waals surface area contributed by atoms with Crippen molar-refractivity contribution in [1.82, 2.24) is 25.1 Å². The average molecular weight is 682 g/mol. The van der Waals surface area contributed by atoms with E-state index in [-0.39, 0.29) is 6.03 Å². The fourth-order valence-corrected chi connectivity index (χ4v) is 5.37. The van der Waals surface area contributed by atoms with Crippen molar-refractivity contribution in [2.45, 2.75) is 31.2 Å². The van der Waals surface area contributed by atoms with Gasteiger partial charge in [0, 0.05) is 31.0 Å². The van der Waals surface area contributed by atoms with E-state index in [4.69, 9.17) is 28.4 Å². The molecule has 3 N–H and O–H groups in total. The summed E-state index contributed by atoms with van der Waals surface area (Å²) in [6.45, 7) is 2.93. The minimum absolute atomic E-state index is 0.0420. The number of ether oxygens (including phenoxy) is 1. The van der Waals surface area contributed by atoms with Crippen molar-refractivity contribution in [2.24, 2.45) is 12.8 Å². The second-order valence-corrected chi connectivity index (χ2v) is 12.5. The molecular formula is C29H34F3N7O5S2. The number of thiazole rings is 1. The van der Waals surface area contributed by atoms with Gasteiger partial charge in [-0.15, -0.1) is 20.7 Å². The molecule has 5 rings (SSSR count). The standard InChI is InChI=1S/C28H33N7O2S.CHF3O3S/c1-33-24(8-5-13-29)19-35(32-33)23-11-12-25(26(18-23)37-17-16-34-15-14-30-28(34)36)27-31-22(20-38-27)10-9-21-6-3-2-4-7-21;2-1(3,4)8(5,6)7/h2-4,6-7,11-12,18-20H,5,8-10,13-17,29H2,1H3;(H,5,6,7). The number of hydrogen-bond donors (Lipinski definition) is 2. The normalized spacial score (nSPS) is 13.3. The zero-order valence-electron chi connectivity index (χ0n) is 24.9. The van der Waals surface area contributed by atoms with Crippen LogP contribution in [0.1, 0.15) is 23.4 Å². The maximum atomic E-state index is 11.9. The number of alkyl halides is 3. The van der Waals surface area contributed by atoms with Crippen molar-refractivity contribution in [3.05, 3.63) is 77.1 Å². The summed E-state index contributed by atoms with van der Waals surface area (Å²) in [4.78, 5) is 18.7. The highest BCUT2D eigenvalue weighted by Crippen LogP contribution is 2.34. The van der Waals surface area contributed by atoms with Crippen LogP contribution in [0.15, 0.2) is 60.1 Å². The van der Waals surface area contributed by atoms with Crippen LogP contribution in [0, 0.1) is 0 Å². The largest absolute Gasteiger partial charge is 0.741 e. The highest BCUT2D eigenvalue weighted by molar-refractivity contribution is 7.86. The molecule has 0 aliphatic carbocycles. The van der Waals surface area contributed by atoms with E-state index in [9.17, 15) is 18.0 Å². The topological polar surface area (TPSA) is 159 Å². The van der Waals surface area contributed by atoms with Gasteiger partial charge in [0.25, 0.3) is 0 Å². The Morgan fingerprint density at radius 1 is 1.15 bits per heavy atom. The van der Waals surface area contributed by atoms with Gasteiger partial charge in [-0.2, -0.15) is 13.2 Å². The molecular weight excluding hydrogens is 647 g/mol. The van der Waals surface area contributed by atoms with Gasteiger partial charge in [-0.25, -0.2) is 18.2 Å². The second-order valence-electron chi connectivity index (χ2n) is 10.2. The number of amides is 2. The average Bonchev–Trinajstić information content (AvgIpc) is 3.75. The van der Waals surface area contributed by atoms with Crippen LogP contribution < -0.4 is 20.5 Å². The molecule has 2 amide bonds. The SMILES string of the molecule is Cn1n[n+](-c2ccc(-c3nc(CCc4ccccc4)cs3)c(OCCN3CCNC3=O)c2)cc1CCCN.O=S(=O)([O-])C(F)(F)F. The zero-order valence-corrected chi connectivity index (χ0v) is 26.6. The molecule has 0 spiro atoms. The number of nitrogens with zero attached hydrogens (tertiary/aromatic N) is 5. The molecule has 1 fully saturated rings. The van der Waals surface area contributed by atoms with E-state index >= 15 is 0 Å². The predicted molar refractivity (Wildman–Crippen MR) is 163 cm³/mol. The zero-order chi connectivity index (χ0) is 33.3. The third kappa shape index (κ3) is 9.48. The van der Waals surface area contributed by atoms with Crippen LogP contribution in [0.4, 0.5) is 18.0 Å². The number of nitrogens with two attached hydrogens (primary N) is 1. The summed E-state index contributed by atoms with van der Waals surface area (Å²) in [7, 11) is -4.14. The minimum Gasteiger partial charge on any atom is -0.741 e. The number of nitrogens with one attached hydrogen (secondary N) is 1. The summed E-state index contributed by atoms with van der Waals surface area (Å²) in [5.74, 6) is 0.729. The van der Waals surface area contributed by atoms with E-state index in [0.29, 0.717) is 32.8 Å². The Morgan fingerprint density at radius 3 is 2.54 bits per heavy atom. The fraction of sp³-hybridized carbons (Fsp3) is 0.379. The Morgan fingerprint density at radius 2 is 1.89 bits per heavy atom. The number of carbonyl (C=O) groups is 1. The van der Waals surface area contributed by atoms with Gasteiger partial charge in [-0.3, -0.25) is 0 Å². The highest BCUT2D eigenvalue weighted by Gasteiger charge is 2.37. The van der Waals surface area contributed by atoms with Crippen LogP contribution in [-0.2, 0) is 36.4 Å². The first-order valence-electron chi connectivity index (χ1n) is 14.3.